The Morgan fingerprint density at radius 3 is 1.18 bits per heavy atom. The van der Waals surface area contributed by atoms with Crippen molar-refractivity contribution < 1.29 is 57.8 Å². The van der Waals surface area contributed by atoms with E-state index < -0.39 is 74.7 Å². The minimum atomic E-state index is -1.55. The molecule has 2 aromatic carbocycles. The molecule has 0 saturated carbocycles. The molecule has 2 unspecified atom stereocenters. The standard InChI is InChI=1S/C30H36Cl2O12/c1-29(17-33,25(35)41-15-23-7-3-21(13-31)4-8-23)19-43-27(37)39-11-12-40-28(38)44-20-30(2,18-34)26(36)42-16-24-9-5-22(14-32)6-10-24/h3-10,33-34H,11-20H2,1-2H3. The lowest BCUT2D eigenvalue weighted by Crippen LogP contribution is -2.39. The van der Waals surface area contributed by atoms with Gasteiger partial charge in [0.2, 0.25) is 0 Å². The number of benzene rings is 2. The number of rotatable bonds is 17. The molecule has 0 aliphatic rings. The van der Waals surface area contributed by atoms with Gasteiger partial charge >= 0.3 is 24.2 Å². The number of hydrogen-bond donors (Lipinski definition) is 2. The van der Waals surface area contributed by atoms with Gasteiger partial charge in [0.25, 0.3) is 0 Å². The Balaban J connectivity index is 1.67. The first-order valence-corrected chi connectivity index (χ1v) is 14.5. The molecule has 0 radical (unpaired) electrons. The molecule has 0 aliphatic carbocycles. The van der Waals surface area contributed by atoms with E-state index in [4.69, 9.17) is 51.6 Å². The molecule has 0 aliphatic heterocycles. The minimum Gasteiger partial charge on any atom is -0.460 e. The van der Waals surface area contributed by atoms with E-state index in [2.05, 4.69) is 0 Å². The summed E-state index contributed by atoms with van der Waals surface area (Å²) >= 11 is 11.5. The van der Waals surface area contributed by atoms with Gasteiger partial charge in [-0.25, -0.2) is 9.59 Å². The first-order valence-electron chi connectivity index (χ1n) is 13.4. The molecule has 0 aromatic heterocycles. The minimum absolute atomic E-state index is 0.0582. The molecule has 2 rings (SSSR count). The van der Waals surface area contributed by atoms with E-state index in [-0.39, 0.29) is 13.2 Å². The van der Waals surface area contributed by atoms with Gasteiger partial charge in [0.05, 0.1) is 13.2 Å². The highest BCUT2D eigenvalue weighted by molar-refractivity contribution is 6.17. The summed E-state index contributed by atoms with van der Waals surface area (Å²) in [4.78, 5) is 48.9. The summed E-state index contributed by atoms with van der Waals surface area (Å²) in [6.07, 6.45) is -2.36. The summed E-state index contributed by atoms with van der Waals surface area (Å²) in [7, 11) is 0. The Hall–Kier alpha value is -3.58. The zero-order valence-electron chi connectivity index (χ0n) is 24.4. The third-order valence-corrected chi connectivity index (χ3v) is 6.94. The number of esters is 2. The van der Waals surface area contributed by atoms with Crippen LogP contribution in [0.15, 0.2) is 48.5 Å². The Labute approximate surface area is 265 Å². The first kappa shape index (κ1) is 36.6. The number of ether oxygens (including phenoxy) is 6. The molecule has 0 saturated heterocycles. The second-order valence-corrected chi connectivity index (χ2v) is 10.8. The van der Waals surface area contributed by atoms with Gasteiger partial charge in [0.15, 0.2) is 0 Å². The van der Waals surface area contributed by atoms with Crippen LogP contribution in [0.4, 0.5) is 9.59 Å². The monoisotopic (exact) mass is 658 g/mol. The van der Waals surface area contributed by atoms with Crippen LogP contribution in [0.5, 0.6) is 0 Å². The van der Waals surface area contributed by atoms with Crippen molar-refractivity contribution >= 4 is 47.5 Å². The molecular formula is C30H36Cl2O12. The molecule has 0 heterocycles. The number of halogens is 2. The van der Waals surface area contributed by atoms with Gasteiger partial charge in [-0.2, -0.15) is 0 Å². The number of hydrogen-bond acceptors (Lipinski definition) is 12. The van der Waals surface area contributed by atoms with E-state index in [1.807, 2.05) is 0 Å². The maximum absolute atomic E-state index is 12.5. The van der Waals surface area contributed by atoms with Crippen LogP contribution in [0, 0.1) is 10.8 Å². The van der Waals surface area contributed by atoms with E-state index in [1.165, 1.54) is 13.8 Å². The maximum Gasteiger partial charge on any atom is 0.508 e. The summed E-state index contributed by atoms with van der Waals surface area (Å²) in [6, 6.07) is 14.2. The van der Waals surface area contributed by atoms with Crippen molar-refractivity contribution in [1.82, 2.24) is 0 Å². The van der Waals surface area contributed by atoms with Gasteiger partial charge in [-0.15, -0.1) is 23.2 Å². The third kappa shape index (κ3) is 11.8. The zero-order valence-corrected chi connectivity index (χ0v) is 25.9. The first-order chi connectivity index (χ1) is 21.0. The normalized spacial score (nSPS) is 13.5. The Bertz CT molecular complexity index is 1130. The van der Waals surface area contributed by atoms with Crippen molar-refractivity contribution in [2.24, 2.45) is 10.8 Å². The fraction of sp³-hybridized carbons (Fsp3) is 0.467. The summed E-state index contributed by atoms with van der Waals surface area (Å²) in [6.45, 7) is -0.658. The highest BCUT2D eigenvalue weighted by atomic mass is 35.5. The summed E-state index contributed by atoms with van der Waals surface area (Å²) in [5.41, 5.74) is 0.115. The van der Waals surface area contributed by atoms with Crippen LogP contribution in [-0.4, -0.2) is 74.1 Å². The lowest BCUT2D eigenvalue weighted by molar-refractivity contribution is -0.163. The Morgan fingerprint density at radius 2 is 0.886 bits per heavy atom. The van der Waals surface area contributed by atoms with Gasteiger partial charge in [0.1, 0.15) is 50.5 Å². The molecule has 44 heavy (non-hydrogen) atoms. The fourth-order valence-corrected chi connectivity index (χ4v) is 3.56. The van der Waals surface area contributed by atoms with E-state index in [0.717, 1.165) is 11.1 Å². The van der Waals surface area contributed by atoms with Gasteiger partial charge in [-0.05, 0) is 36.1 Å². The van der Waals surface area contributed by atoms with E-state index in [1.54, 1.807) is 48.5 Å². The lowest BCUT2D eigenvalue weighted by Gasteiger charge is -2.24. The molecule has 0 amide bonds. The van der Waals surface area contributed by atoms with Crippen molar-refractivity contribution in [1.29, 1.82) is 0 Å². The van der Waals surface area contributed by atoms with E-state index in [0.29, 0.717) is 22.9 Å². The molecule has 12 nitrogen and oxygen atoms in total. The molecule has 14 heteroatoms. The van der Waals surface area contributed by atoms with Gasteiger partial charge in [-0.1, -0.05) is 48.5 Å². The summed E-state index contributed by atoms with van der Waals surface area (Å²) in [5, 5.41) is 19.4. The largest absolute Gasteiger partial charge is 0.508 e. The SMILES string of the molecule is CC(CO)(COC(=O)OCCOC(=O)OCC(C)(CO)C(=O)OCc1ccc(CCl)cc1)C(=O)OCc1ccc(CCl)cc1. The smallest absolute Gasteiger partial charge is 0.460 e. The Kier molecular flexibility index (Phi) is 15.2. The number of alkyl halides is 2. The average molecular weight is 660 g/mol. The predicted molar refractivity (Wildman–Crippen MR) is 157 cm³/mol. The van der Waals surface area contributed by atoms with Crippen molar-refractivity contribution in [3.63, 3.8) is 0 Å². The predicted octanol–water partition coefficient (Wildman–Crippen LogP) is 4.25. The lowest BCUT2D eigenvalue weighted by atomic mass is 9.93. The Morgan fingerprint density at radius 1 is 0.568 bits per heavy atom. The van der Waals surface area contributed by atoms with Crippen LogP contribution in [-0.2, 0) is 63.0 Å². The second kappa shape index (κ2) is 18.3. The van der Waals surface area contributed by atoms with Crippen LogP contribution in [0.3, 0.4) is 0 Å². The highest BCUT2D eigenvalue weighted by Gasteiger charge is 2.37. The van der Waals surface area contributed by atoms with E-state index >= 15 is 0 Å². The number of carbonyl (C=O) groups is 4. The van der Waals surface area contributed by atoms with Crippen molar-refractivity contribution in [3.8, 4) is 0 Å². The number of aliphatic hydroxyl groups is 2. The molecule has 0 bridgehead atoms. The van der Waals surface area contributed by atoms with Gasteiger partial charge in [-0.3, -0.25) is 9.59 Å². The molecule has 0 spiro atoms. The fourth-order valence-electron chi connectivity index (χ4n) is 3.20. The molecule has 2 N–H and O–H groups in total. The van der Waals surface area contributed by atoms with Crippen LogP contribution in [0.25, 0.3) is 0 Å². The summed E-state index contributed by atoms with van der Waals surface area (Å²) in [5.74, 6) is -0.886. The van der Waals surface area contributed by atoms with Crippen LogP contribution in [0.2, 0.25) is 0 Å². The van der Waals surface area contributed by atoms with Crippen LogP contribution >= 0.6 is 23.2 Å². The number of aliphatic hydroxyl groups excluding tert-OH is 2. The van der Waals surface area contributed by atoms with Crippen molar-refractivity contribution in [2.75, 3.05) is 39.6 Å². The maximum atomic E-state index is 12.5. The van der Waals surface area contributed by atoms with Crippen LogP contribution < -0.4 is 0 Å². The molecule has 2 aromatic rings. The molecule has 242 valence electrons. The summed E-state index contributed by atoms with van der Waals surface area (Å²) < 4.78 is 29.9. The van der Waals surface area contributed by atoms with Crippen LogP contribution in [0.1, 0.15) is 36.1 Å². The quantitative estimate of drug-likeness (QED) is 0.108. The van der Waals surface area contributed by atoms with Crippen molar-refractivity contribution in [3.05, 3.63) is 70.8 Å². The van der Waals surface area contributed by atoms with Crippen molar-refractivity contribution in [2.45, 2.75) is 38.8 Å². The van der Waals surface area contributed by atoms with Gasteiger partial charge < -0.3 is 38.6 Å². The van der Waals surface area contributed by atoms with E-state index in [9.17, 15) is 29.4 Å². The molecule has 2 atom stereocenters. The zero-order chi connectivity index (χ0) is 32.6. The highest BCUT2D eigenvalue weighted by Crippen LogP contribution is 2.21. The topological polar surface area (TPSA) is 164 Å². The average Bonchev–Trinajstić information content (AvgIpc) is 3.06. The second-order valence-electron chi connectivity index (χ2n) is 10.3. The molecular weight excluding hydrogens is 623 g/mol. The third-order valence-electron chi connectivity index (χ3n) is 6.32. The number of carbonyl (C=O) groups excluding carboxylic acids is 4. The van der Waals surface area contributed by atoms with Gasteiger partial charge in [0, 0.05) is 11.8 Å². The molecule has 0 fully saturated rings.